The van der Waals surface area contributed by atoms with E-state index in [1.807, 2.05) is 72.0 Å². The first-order chi connectivity index (χ1) is 42.1. The van der Waals surface area contributed by atoms with E-state index in [0.29, 0.717) is 6.41 Å². The molecule has 0 radical (unpaired) electrons. The predicted molar refractivity (Wildman–Crippen MR) is 312 cm³/mol. The van der Waals surface area contributed by atoms with Crippen LogP contribution in [0.5, 0.6) is 5.75 Å². The minimum absolute atomic E-state index is 0.0116. The Morgan fingerprint density at radius 1 is 0.888 bits per heavy atom. The first-order valence-corrected chi connectivity index (χ1v) is 30.1. The van der Waals surface area contributed by atoms with Gasteiger partial charge in [-0.05, 0) is 69.0 Å². The Labute approximate surface area is 513 Å². The summed E-state index contributed by atoms with van der Waals surface area (Å²) in [6.07, 6.45) is -12.2. The van der Waals surface area contributed by atoms with E-state index in [1.165, 1.54) is 12.8 Å². The summed E-state index contributed by atoms with van der Waals surface area (Å²) in [5.41, 5.74) is 6.13. The number of carbonyl (C=O) groups is 7. The minimum Gasteiger partial charge on any atom is -0.504 e. The molecule has 16 atom stereocenters. The number of ether oxygens (including phenoxy) is 1. The second-order valence-electron chi connectivity index (χ2n) is 21.9. The Balaban J connectivity index is 0.000000603. The number of unbranched alkanes of at least 4 members (excludes halogenated alkanes) is 2. The van der Waals surface area contributed by atoms with Crippen molar-refractivity contribution in [2.75, 3.05) is 19.7 Å². The molecule has 16 N–H and O–H groups in total. The average molecular weight is 1280 g/mol. The molecule has 2 aliphatic heterocycles. The molecule has 494 valence electrons. The highest BCUT2D eigenvalue weighted by Gasteiger charge is 2.47. The third kappa shape index (κ3) is 23.5. The minimum atomic E-state index is -5.18. The first kappa shape index (κ1) is 74.0. The van der Waals surface area contributed by atoms with Gasteiger partial charge in [-0.25, -0.2) is 0 Å². The summed E-state index contributed by atoms with van der Waals surface area (Å²) in [7, 11) is -5.18. The van der Waals surface area contributed by atoms with Crippen molar-refractivity contribution in [3.8, 4) is 17.1 Å². The van der Waals surface area contributed by atoms with Crippen molar-refractivity contribution >= 4 is 52.6 Å². The van der Waals surface area contributed by atoms with Crippen molar-refractivity contribution in [3.05, 3.63) is 96.6 Å². The number of nitrogens with zero attached hydrogens (tertiary/aromatic N) is 3. The third-order valence-electron chi connectivity index (χ3n) is 14.9. The van der Waals surface area contributed by atoms with E-state index >= 15 is 0 Å². The van der Waals surface area contributed by atoms with Gasteiger partial charge in [0, 0.05) is 61.7 Å². The molecule has 3 unspecified atom stereocenters. The normalized spacial score (nSPS) is 22.3. The Hall–Kier alpha value is -7.43. The van der Waals surface area contributed by atoms with Crippen molar-refractivity contribution < 1.29 is 111 Å². The number of likely N-dealkylation sites (tertiary alicyclic amines) is 2. The summed E-state index contributed by atoms with van der Waals surface area (Å²) in [4.78, 5) is 90.4. The highest BCUT2D eigenvalue weighted by atomic mass is 32.3. The van der Waals surface area contributed by atoms with Crippen LogP contribution in [0, 0.1) is 17.8 Å². The summed E-state index contributed by atoms with van der Waals surface area (Å²) >= 11 is 0. The van der Waals surface area contributed by atoms with Crippen molar-refractivity contribution in [1.29, 1.82) is 0 Å². The number of aromatic nitrogens is 1. The van der Waals surface area contributed by atoms with Gasteiger partial charge < -0.3 is 96.0 Å². The number of aliphatic hydroxyl groups excluding tert-OH is 10. The van der Waals surface area contributed by atoms with Crippen LogP contribution in [0.15, 0.2) is 101 Å². The number of primary amides is 1. The standard InChI is InChI=1S/C38H60N6O21S.C14H17NO2.C6H6/c1-16-12-43(15-46)31(32(16)55)37(60)42-36(59)27(53)11-22(40-14-45)35(58)41-30(17(2)47)38(61)44-13-20(49)8-23(44)26(52)10-21(24(50)6-4-19(48)9-29(39)54)34(57)33(56)18-3-5-25(51)28(7-18)65-66(62,63)64;1-2-3-4-11-16-13-7-5-12(6-8-13)14-9-10-15-17-14;1-2-4-6-5-3-1/h5,7,14-24,27,30-34,36,47-51,53,55-57,59H,3-4,6,8-13H2,1-2H3,(H2,39,54)(H,40,45)(H,41,58)(H,42,60)(H,62,63,64);5-10H,2-4,11H2,1H3;1-6H/t16-,17+,18?,19-,20+,21+,22-,23-,24?,27+,30-,31-,32-,33-,34?,36+;;/m0../s1. The van der Waals surface area contributed by atoms with Gasteiger partial charge in [0.25, 0.3) is 0 Å². The number of allylic oxidation sites excluding steroid dienone is 1. The molecule has 0 saturated carbocycles. The zero-order chi connectivity index (χ0) is 66.1. The number of amides is 6. The lowest BCUT2D eigenvalue weighted by Gasteiger charge is -2.35. The molecule has 3 aliphatic rings. The van der Waals surface area contributed by atoms with Crippen LogP contribution in [-0.2, 0) is 48.1 Å². The van der Waals surface area contributed by atoms with Gasteiger partial charge >= 0.3 is 10.4 Å². The number of ketones is 1. The number of β-amino-alcohol motifs (C(OH)–C–C–N with tert-alkyl or cyclic N) is 1. The summed E-state index contributed by atoms with van der Waals surface area (Å²) in [5, 5.41) is 117. The molecule has 89 heavy (non-hydrogen) atoms. The number of nitrogens with two attached hydrogens (primary N) is 1. The second kappa shape index (κ2) is 36.3. The molecule has 2 saturated heterocycles. The van der Waals surface area contributed by atoms with E-state index in [-0.39, 0.29) is 25.8 Å². The summed E-state index contributed by atoms with van der Waals surface area (Å²) in [6, 6.07) is 15.0. The number of nitrogens with one attached hydrogen (secondary N) is 3. The topological polar surface area (TPSA) is 489 Å². The molecule has 1 aliphatic carbocycles. The summed E-state index contributed by atoms with van der Waals surface area (Å²) in [5.74, 6) is -8.68. The number of benzene rings is 2. The zero-order valence-electron chi connectivity index (χ0n) is 49.3. The lowest BCUT2D eigenvalue weighted by Crippen LogP contribution is -2.60. The van der Waals surface area contributed by atoms with Gasteiger partial charge in [0.2, 0.25) is 36.4 Å². The van der Waals surface area contributed by atoms with E-state index in [2.05, 4.69) is 26.9 Å². The fourth-order valence-electron chi connectivity index (χ4n) is 10.1. The third-order valence-corrected chi connectivity index (χ3v) is 15.3. The number of aliphatic hydroxyl groups is 10. The van der Waals surface area contributed by atoms with Crippen molar-refractivity contribution in [1.82, 2.24) is 30.9 Å². The maximum absolute atomic E-state index is 14.1. The van der Waals surface area contributed by atoms with Gasteiger partial charge in [-0.15, -0.1) is 0 Å². The molecule has 3 heterocycles. The van der Waals surface area contributed by atoms with E-state index in [4.69, 9.17) is 19.5 Å². The molecule has 2 fully saturated rings. The Bertz CT molecular complexity index is 2860. The molecule has 31 heteroatoms. The molecule has 0 bridgehead atoms. The van der Waals surface area contributed by atoms with Crippen LogP contribution in [0.1, 0.15) is 85.0 Å². The lowest BCUT2D eigenvalue weighted by molar-refractivity contribution is -0.145. The smallest absolute Gasteiger partial charge is 0.446 e. The Morgan fingerprint density at radius 2 is 1.54 bits per heavy atom. The Morgan fingerprint density at radius 3 is 2.10 bits per heavy atom. The highest BCUT2D eigenvalue weighted by Crippen LogP contribution is 2.33. The number of hydrogen-bond donors (Lipinski definition) is 15. The van der Waals surface area contributed by atoms with Crippen LogP contribution in [0.2, 0.25) is 0 Å². The first-order valence-electron chi connectivity index (χ1n) is 28.8. The second-order valence-corrected chi connectivity index (χ2v) is 22.9. The van der Waals surface area contributed by atoms with Crippen molar-refractivity contribution in [2.24, 2.45) is 23.5 Å². The van der Waals surface area contributed by atoms with Crippen molar-refractivity contribution in [2.45, 2.75) is 164 Å². The quantitative estimate of drug-likeness (QED) is 0.0145. The fraction of sp³-hybridized carbons (Fsp3) is 0.552. The Kier molecular flexibility index (Phi) is 30.2. The zero-order valence-corrected chi connectivity index (χ0v) is 50.1. The molecular weight excluding hydrogens is 1190 g/mol. The SMILES string of the molecule is CCCCCOc1ccc(-c2ccno2)cc1.C[C@@H](O)[C@H](NC(=O)[C@H](C[C@@H](O)[C@@H](O)NC(=O)[C@@H]1[C@@H](O)[C@@H](C)CN1C=O)NC=O)C(=O)N1C[C@H](O)C[C@H]1C(=O)C[C@H](C(O)CC[C@H](O)CC(N)=O)C(O)[C@@H](O)C1C=C(OS(=O)(=O)O)C(O)=CC1.c1ccccc1. The largest absolute Gasteiger partial charge is 0.504 e. The van der Waals surface area contributed by atoms with Crippen LogP contribution in [0.4, 0.5) is 0 Å². The summed E-state index contributed by atoms with van der Waals surface area (Å²) in [6.45, 7) is 5.04. The molecule has 6 rings (SSSR count). The average Bonchev–Trinajstić information content (AvgIpc) is 2.61. The highest BCUT2D eigenvalue weighted by molar-refractivity contribution is 7.81. The van der Waals surface area contributed by atoms with Gasteiger partial charge in [0.05, 0.1) is 68.0 Å². The van der Waals surface area contributed by atoms with Gasteiger partial charge in [0.15, 0.2) is 29.3 Å². The van der Waals surface area contributed by atoms with Gasteiger partial charge in [-0.1, -0.05) is 68.2 Å². The van der Waals surface area contributed by atoms with E-state index in [9.17, 15) is 93.0 Å². The number of Topliss-reactive ketones (excluding diaryl/α,β-unsaturated/α-hetero) is 1. The van der Waals surface area contributed by atoms with E-state index < -0.39 is 187 Å². The predicted octanol–water partition coefficient (Wildman–Crippen LogP) is -1.61. The maximum Gasteiger partial charge on any atom is 0.446 e. The fourth-order valence-corrected chi connectivity index (χ4v) is 10.5. The molecule has 6 amide bonds. The number of hydrogen-bond acceptors (Lipinski definition) is 23. The molecular formula is C58H83N7O23S. The molecule has 30 nitrogen and oxygen atoms in total. The van der Waals surface area contributed by atoms with Crippen LogP contribution in [0.3, 0.4) is 0 Å². The number of carbonyl (C=O) groups excluding carboxylic acids is 7. The number of rotatable bonds is 32. The monoisotopic (exact) mass is 1280 g/mol. The van der Waals surface area contributed by atoms with Crippen LogP contribution in [-0.4, -0.2) is 220 Å². The molecule has 3 aromatic rings. The maximum atomic E-state index is 14.1. The van der Waals surface area contributed by atoms with Gasteiger partial charge in [0.1, 0.15) is 30.0 Å². The van der Waals surface area contributed by atoms with Crippen LogP contribution in [0.25, 0.3) is 11.3 Å². The lowest BCUT2D eigenvalue weighted by atomic mass is 9.79. The summed E-state index contributed by atoms with van der Waals surface area (Å²) < 4.78 is 46.8. The van der Waals surface area contributed by atoms with Gasteiger partial charge in [-0.2, -0.15) is 8.42 Å². The van der Waals surface area contributed by atoms with Crippen molar-refractivity contribution in [3.63, 3.8) is 0 Å². The molecule has 1 aromatic heterocycles. The van der Waals surface area contributed by atoms with Gasteiger partial charge in [-0.3, -0.25) is 38.1 Å². The molecule has 0 spiro atoms. The van der Waals surface area contributed by atoms with Crippen LogP contribution < -0.4 is 26.4 Å². The van der Waals surface area contributed by atoms with E-state index in [0.717, 1.165) is 59.0 Å². The van der Waals surface area contributed by atoms with Crippen LogP contribution >= 0.6 is 0 Å². The molecule has 2 aromatic carbocycles. The van der Waals surface area contributed by atoms with E-state index in [1.54, 1.807) is 13.1 Å².